The lowest BCUT2D eigenvalue weighted by Crippen LogP contribution is -2.21. The van der Waals surface area contributed by atoms with Crippen molar-refractivity contribution in [2.45, 2.75) is 11.5 Å². The molecule has 4 aromatic carbocycles. The number of hydrogen-bond acceptors (Lipinski definition) is 7. The Balaban J connectivity index is 1.42. The van der Waals surface area contributed by atoms with Crippen LogP contribution in [0, 0.1) is 0 Å². The maximum atomic E-state index is 12.9. The van der Waals surface area contributed by atoms with Crippen molar-refractivity contribution in [3.63, 3.8) is 0 Å². The number of halogens is 1. The van der Waals surface area contributed by atoms with Gasteiger partial charge in [-0.3, -0.25) is 9.52 Å². The molecule has 40 heavy (non-hydrogen) atoms. The molecule has 0 fully saturated rings. The van der Waals surface area contributed by atoms with E-state index in [1.807, 2.05) is 0 Å². The molecule has 4 aromatic rings. The molecule has 11 heteroatoms. The zero-order valence-corrected chi connectivity index (χ0v) is 22.8. The first-order chi connectivity index (χ1) is 19.3. The van der Waals surface area contributed by atoms with Gasteiger partial charge in [0.05, 0.1) is 35.0 Å². The Morgan fingerprint density at radius 2 is 1.57 bits per heavy atom. The summed E-state index contributed by atoms with van der Waals surface area (Å²) >= 11 is 5.85. The average molecular weight is 578 g/mol. The summed E-state index contributed by atoms with van der Waals surface area (Å²) < 4.78 is 38.6. The van der Waals surface area contributed by atoms with Gasteiger partial charge in [0.25, 0.3) is 15.9 Å². The Bertz CT molecular complexity index is 1640. The molecule has 204 valence electrons. The van der Waals surface area contributed by atoms with Crippen LogP contribution in [0.2, 0.25) is 5.02 Å². The van der Waals surface area contributed by atoms with Gasteiger partial charge in [0.2, 0.25) is 0 Å². The van der Waals surface area contributed by atoms with Crippen molar-refractivity contribution in [2.24, 2.45) is 5.10 Å². The van der Waals surface area contributed by atoms with Crippen molar-refractivity contribution in [3.8, 4) is 5.75 Å². The number of benzene rings is 4. The minimum Gasteiger partial charge on any atom is -0.488 e. The van der Waals surface area contributed by atoms with Crippen molar-refractivity contribution < 1.29 is 27.5 Å². The summed E-state index contributed by atoms with van der Waals surface area (Å²) in [5.41, 5.74) is 4.47. The average Bonchev–Trinajstić information content (AvgIpc) is 2.96. The number of esters is 1. The van der Waals surface area contributed by atoms with E-state index in [9.17, 15) is 18.0 Å². The predicted molar refractivity (Wildman–Crippen MR) is 152 cm³/mol. The third kappa shape index (κ3) is 7.25. The standard InChI is InChI=1S/C29H24ClN3O6S/c1-38-29(35)21-12-10-20(11-13-21)19-39-27-9-5-2-6-22(27)18-31-32-28(34)25-7-3-4-8-26(25)33-40(36,37)24-16-14-23(30)15-17-24/h2-18,33H,19H2,1H3,(H,32,34)/b31-18-. The van der Waals surface area contributed by atoms with Crippen LogP contribution in [0.4, 0.5) is 5.69 Å². The number of nitrogens with zero attached hydrogens (tertiary/aromatic N) is 1. The van der Waals surface area contributed by atoms with Gasteiger partial charge < -0.3 is 9.47 Å². The van der Waals surface area contributed by atoms with Gasteiger partial charge in [-0.05, 0) is 66.2 Å². The highest BCUT2D eigenvalue weighted by Crippen LogP contribution is 2.22. The van der Waals surface area contributed by atoms with E-state index in [2.05, 4.69) is 15.2 Å². The lowest BCUT2D eigenvalue weighted by molar-refractivity contribution is 0.0600. The van der Waals surface area contributed by atoms with Crippen LogP contribution in [-0.2, 0) is 21.4 Å². The number of hydrazone groups is 1. The Labute approximate surface area is 236 Å². The van der Waals surface area contributed by atoms with Crippen molar-refractivity contribution in [3.05, 3.63) is 124 Å². The smallest absolute Gasteiger partial charge is 0.337 e. The van der Waals surface area contributed by atoms with Crippen molar-refractivity contribution in [1.82, 2.24) is 5.43 Å². The van der Waals surface area contributed by atoms with Crippen LogP contribution in [-0.4, -0.2) is 33.6 Å². The Morgan fingerprint density at radius 3 is 2.30 bits per heavy atom. The highest BCUT2D eigenvalue weighted by Gasteiger charge is 2.18. The second-order valence-electron chi connectivity index (χ2n) is 8.32. The summed E-state index contributed by atoms with van der Waals surface area (Å²) in [6.07, 6.45) is 1.42. The van der Waals surface area contributed by atoms with Gasteiger partial charge in [-0.25, -0.2) is 18.6 Å². The number of ether oxygens (including phenoxy) is 2. The van der Waals surface area contributed by atoms with Crippen molar-refractivity contribution >= 4 is 45.4 Å². The Morgan fingerprint density at radius 1 is 0.900 bits per heavy atom. The van der Waals surface area contributed by atoms with E-state index in [1.165, 1.54) is 49.7 Å². The maximum absolute atomic E-state index is 12.9. The number of amides is 1. The molecule has 2 N–H and O–H groups in total. The number of anilines is 1. The van der Waals surface area contributed by atoms with Crippen molar-refractivity contribution in [2.75, 3.05) is 11.8 Å². The molecule has 0 aliphatic heterocycles. The van der Waals surface area contributed by atoms with Crippen LogP contribution >= 0.6 is 11.6 Å². The minimum atomic E-state index is -3.96. The van der Waals surface area contributed by atoms with E-state index in [-0.39, 0.29) is 22.8 Å². The molecule has 0 atom stereocenters. The van der Waals surface area contributed by atoms with Gasteiger partial charge in [0, 0.05) is 10.6 Å². The van der Waals surface area contributed by atoms with E-state index in [0.29, 0.717) is 21.9 Å². The van der Waals surface area contributed by atoms with Gasteiger partial charge >= 0.3 is 5.97 Å². The lowest BCUT2D eigenvalue weighted by Gasteiger charge is -2.12. The SMILES string of the molecule is COC(=O)c1ccc(COc2ccccc2/C=N\NC(=O)c2ccccc2NS(=O)(=O)c2ccc(Cl)cc2)cc1. The molecule has 0 radical (unpaired) electrons. The van der Waals surface area contributed by atoms with E-state index in [0.717, 1.165) is 5.56 Å². The van der Waals surface area contributed by atoms with E-state index in [4.69, 9.17) is 21.1 Å². The summed E-state index contributed by atoms with van der Waals surface area (Å²) in [6, 6.07) is 25.8. The maximum Gasteiger partial charge on any atom is 0.337 e. The molecule has 0 heterocycles. The monoisotopic (exact) mass is 577 g/mol. The number of carbonyl (C=O) groups excluding carboxylic acids is 2. The predicted octanol–water partition coefficient (Wildman–Crippen LogP) is 5.27. The zero-order valence-electron chi connectivity index (χ0n) is 21.2. The van der Waals surface area contributed by atoms with Crippen LogP contribution < -0.4 is 14.9 Å². The molecule has 0 aliphatic carbocycles. The van der Waals surface area contributed by atoms with Gasteiger partial charge in [0.1, 0.15) is 12.4 Å². The Kier molecular flexibility index (Phi) is 9.15. The summed E-state index contributed by atoms with van der Waals surface area (Å²) in [4.78, 5) is 24.5. The number of hydrogen-bond donors (Lipinski definition) is 2. The second-order valence-corrected chi connectivity index (χ2v) is 10.4. The fourth-order valence-corrected chi connectivity index (χ4v) is 4.75. The molecule has 0 spiro atoms. The summed E-state index contributed by atoms with van der Waals surface area (Å²) in [5.74, 6) is -0.513. The van der Waals surface area contributed by atoms with Crippen molar-refractivity contribution in [1.29, 1.82) is 0 Å². The topological polar surface area (TPSA) is 123 Å². The van der Waals surface area contributed by atoms with Gasteiger partial charge in [0.15, 0.2) is 0 Å². The van der Waals surface area contributed by atoms with E-state index >= 15 is 0 Å². The molecule has 0 aliphatic rings. The molecule has 4 rings (SSSR count). The lowest BCUT2D eigenvalue weighted by atomic mass is 10.1. The van der Waals surface area contributed by atoms with Crippen LogP contribution in [0.3, 0.4) is 0 Å². The minimum absolute atomic E-state index is 0.00106. The van der Waals surface area contributed by atoms with Crippen LogP contribution in [0.15, 0.2) is 107 Å². The first-order valence-electron chi connectivity index (χ1n) is 11.9. The highest BCUT2D eigenvalue weighted by atomic mass is 35.5. The molecular weight excluding hydrogens is 554 g/mol. The largest absolute Gasteiger partial charge is 0.488 e. The fraction of sp³-hybridized carbons (Fsp3) is 0.0690. The molecule has 0 bridgehead atoms. The van der Waals surface area contributed by atoms with E-state index in [1.54, 1.807) is 60.7 Å². The highest BCUT2D eigenvalue weighted by molar-refractivity contribution is 7.92. The fourth-order valence-electron chi connectivity index (χ4n) is 3.54. The van der Waals surface area contributed by atoms with Crippen LogP contribution in [0.25, 0.3) is 0 Å². The number of carbonyl (C=O) groups is 2. The first-order valence-corrected chi connectivity index (χ1v) is 13.7. The normalized spacial score (nSPS) is 11.2. The van der Waals surface area contributed by atoms with Gasteiger partial charge in [-0.15, -0.1) is 0 Å². The number of sulfonamides is 1. The van der Waals surface area contributed by atoms with E-state index < -0.39 is 21.9 Å². The van der Waals surface area contributed by atoms with Crippen LogP contribution in [0.1, 0.15) is 31.8 Å². The summed E-state index contributed by atoms with van der Waals surface area (Å²) in [5, 5.41) is 4.43. The third-order valence-electron chi connectivity index (χ3n) is 5.60. The molecule has 0 saturated heterocycles. The van der Waals surface area contributed by atoms with Gasteiger partial charge in [-0.1, -0.05) is 48.0 Å². The summed E-state index contributed by atoms with van der Waals surface area (Å²) in [7, 11) is -2.64. The number of nitrogens with one attached hydrogen (secondary N) is 2. The number of methoxy groups -OCH3 is 1. The second kappa shape index (κ2) is 12.9. The third-order valence-corrected chi connectivity index (χ3v) is 7.23. The van der Waals surface area contributed by atoms with Gasteiger partial charge in [-0.2, -0.15) is 5.10 Å². The molecule has 0 aromatic heterocycles. The molecule has 9 nitrogen and oxygen atoms in total. The summed E-state index contributed by atoms with van der Waals surface area (Å²) in [6.45, 7) is 0.236. The Hall–Kier alpha value is -4.67. The number of para-hydroxylation sites is 2. The first kappa shape index (κ1) is 28.3. The number of rotatable bonds is 10. The zero-order chi connectivity index (χ0) is 28.5. The quantitative estimate of drug-likeness (QED) is 0.150. The molecule has 0 saturated carbocycles. The molecule has 1 amide bonds. The molecular formula is C29H24ClN3O6S. The molecule has 0 unspecified atom stereocenters. The van der Waals surface area contributed by atoms with Crippen LogP contribution in [0.5, 0.6) is 5.75 Å².